The topological polar surface area (TPSA) is 130 Å². The van der Waals surface area contributed by atoms with Gasteiger partial charge in [-0.05, 0) is 85.0 Å². The number of ether oxygens (including phenoxy) is 2. The smallest absolute Gasteiger partial charge is 0.331 e. The molecule has 11 atom stereocenters. The molecule has 8 heteroatoms. The molecule has 0 amide bonds. The summed E-state index contributed by atoms with van der Waals surface area (Å²) >= 11 is 0. The van der Waals surface area contributed by atoms with Gasteiger partial charge < -0.3 is 24.8 Å². The van der Waals surface area contributed by atoms with Gasteiger partial charge in [-0.1, -0.05) is 54.9 Å². The Hall–Kier alpha value is -1.93. The molecule has 0 spiro atoms. The van der Waals surface area contributed by atoms with Crippen LogP contribution in [0.15, 0.2) is 11.1 Å². The van der Waals surface area contributed by atoms with Crippen molar-refractivity contribution >= 4 is 17.9 Å². The summed E-state index contributed by atoms with van der Waals surface area (Å²) in [5.74, 6) is -1.87. The van der Waals surface area contributed by atoms with Crippen molar-refractivity contribution in [1.29, 1.82) is 0 Å². The third-order valence-corrected chi connectivity index (χ3v) is 12.5. The van der Waals surface area contributed by atoms with Crippen LogP contribution in [0, 0.1) is 45.8 Å². The Labute approximate surface area is 251 Å². The van der Waals surface area contributed by atoms with Crippen LogP contribution in [0.4, 0.5) is 0 Å². The van der Waals surface area contributed by atoms with Crippen LogP contribution in [0.2, 0.25) is 0 Å². The SMILES string of the molecule is CCC(=O)OC1C2C(C)C(O)CCC2(C)C2CCC3/C(=C(\CCCC(C)C)C(=O)O)C(OC(C)=O)CC3(C)C2(C)C1O. The minimum Gasteiger partial charge on any atom is -0.478 e. The maximum absolute atomic E-state index is 12.8. The number of esters is 2. The van der Waals surface area contributed by atoms with Crippen molar-refractivity contribution in [2.45, 2.75) is 138 Å². The molecule has 0 aromatic carbocycles. The molecule has 0 bridgehead atoms. The summed E-state index contributed by atoms with van der Waals surface area (Å²) in [5.41, 5.74) is -0.639. The van der Waals surface area contributed by atoms with Crippen LogP contribution in [0.1, 0.15) is 113 Å². The Morgan fingerprint density at radius 1 is 1.05 bits per heavy atom. The van der Waals surface area contributed by atoms with Gasteiger partial charge in [0.2, 0.25) is 0 Å². The lowest BCUT2D eigenvalue weighted by molar-refractivity contribution is -0.288. The minimum atomic E-state index is -1.02. The Bertz CT molecular complexity index is 1100. The first-order valence-electron chi connectivity index (χ1n) is 16.2. The molecule has 4 aliphatic carbocycles. The van der Waals surface area contributed by atoms with Crippen molar-refractivity contribution < 1.29 is 39.2 Å². The Balaban J connectivity index is 1.88. The van der Waals surface area contributed by atoms with Crippen molar-refractivity contribution in [3.8, 4) is 0 Å². The highest BCUT2D eigenvalue weighted by molar-refractivity contribution is 5.88. The molecule has 3 N–H and O–H groups in total. The monoisotopic (exact) mass is 590 g/mol. The fourth-order valence-corrected chi connectivity index (χ4v) is 10.4. The zero-order chi connectivity index (χ0) is 31.4. The molecule has 238 valence electrons. The van der Waals surface area contributed by atoms with Crippen LogP contribution < -0.4 is 0 Å². The average Bonchev–Trinajstić information content (AvgIpc) is 3.18. The van der Waals surface area contributed by atoms with Gasteiger partial charge in [0.25, 0.3) is 0 Å². The van der Waals surface area contributed by atoms with E-state index in [2.05, 4.69) is 34.6 Å². The quantitative estimate of drug-likeness (QED) is 0.243. The third-order valence-electron chi connectivity index (χ3n) is 12.5. The second-order valence-corrected chi connectivity index (χ2v) is 15.0. The van der Waals surface area contributed by atoms with Crippen LogP contribution in [-0.4, -0.2) is 57.6 Å². The lowest BCUT2D eigenvalue weighted by atomic mass is 9.35. The molecule has 4 fully saturated rings. The number of hydrogen-bond donors (Lipinski definition) is 3. The summed E-state index contributed by atoms with van der Waals surface area (Å²) in [6.07, 6.45) is 2.49. The van der Waals surface area contributed by atoms with E-state index in [-0.39, 0.29) is 41.5 Å². The van der Waals surface area contributed by atoms with Gasteiger partial charge in [-0.25, -0.2) is 4.79 Å². The molecule has 0 heterocycles. The zero-order valence-corrected chi connectivity index (χ0v) is 26.9. The lowest BCUT2D eigenvalue weighted by Crippen LogP contribution is -2.72. The predicted octanol–water partition coefficient (Wildman–Crippen LogP) is 5.68. The summed E-state index contributed by atoms with van der Waals surface area (Å²) in [6, 6.07) is 0. The number of rotatable bonds is 8. The Morgan fingerprint density at radius 3 is 2.29 bits per heavy atom. The maximum Gasteiger partial charge on any atom is 0.331 e. The normalized spacial score (nSPS) is 44.1. The summed E-state index contributed by atoms with van der Waals surface area (Å²) in [6.45, 7) is 15.8. The van der Waals surface area contributed by atoms with Crippen LogP contribution in [0.25, 0.3) is 0 Å². The molecule has 0 radical (unpaired) electrons. The summed E-state index contributed by atoms with van der Waals surface area (Å²) < 4.78 is 12.0. The van der Waals surface area contributed by atoms with E-state index in [9.17, 15) is 29.7 Å². The second kappa shape index (κ2) is 11.9. The van der Waals surface area contributed by atoms with Gasteiger partial charge in [-0.2, -0.15) is 0 Å². The van der Waals surface area contributed by atoms with Gasteiger partial charge in [-0.3, -0.25) is 9.59 Å². The number of aliphatic hydroxyl groups excluding tert-OH is 2. The molecule has 0 saturated heterocycles. The van der Waals surface area contributed by atoms with E-state index in [1.807, 2.05) is 6.92 Å². The van der Waals surface area contributed by atoms with Gasteiger partial charge in [0, 0.05) is 30.3 Å². The molecular formula is C34H54O8. The van der Waals surface area contributed by atoms with Gasteiger partial charge in [0.15, 0.2) is 0 Å². The number of aliphatic hydroxyl groups is 2. The predicted molar refractivity (Wildman–Crippen MR) is 158 cm³/mol. The minimum absolute atomic E-state index is 0.0457. The van der Waals surface area contributed by atoms with Crippen molar-refractivity contribution in [2.24, 2.45) is 45.8 Å². The fraction of sp³-hybridized carbons (Fsp3) is 0.853. The van der Waals surface area contributed by atoms with Gasteiger partial charge in [-0.15, -0.1) is 0 Å². The van der Waals surface area contributed by atoms with E-state index in [4.69, 9.17) is 9.47 Å². The van der Waals surface area contributed by atoms with Gasteiger partial charge in [0.1, 0.15) is 12.2 Å². The largest absolute Gasteiger partial charge is 0.478 e. The van der Waals surface area contributed by atoms with E-state index >= 15 is 0 Å². The maximum atomic E-state index is 12.8. The Kier molecular flexibility index (Phi) is 9.32. The zero-order valence-electron chi connectivity index (χ0n) is 26.9. The van der Waals surface area contributed by atoms with Crippen LogP contribution in [0.5, 0.6) is 0 Å². The highest BCUT2D eigenvalue weighted by Gasteiger charge is 2.74. The number of fused-ring (bicyclic) bond motifs is 5. The number of carbonyl (C=O) groups excluding carboxylic acids is 2. The van der Waals surface area contributed by atoms with Crippen LogP contribution in [-0.2, 0) is 23.9 Å². The summed E-state index contributed by atoms with van der Waals surface area (Å²) in [4.78, 5) is 37.9. The van der Waals surface area contributed by atoms with E-state index < -0.39 is 47.2 Å². The van der Waals surface area contributed by atoms with Crippen molar-refractivity contribution in [3.05, 3.63) is 11.1 Å². The number of aliphatic carboxylic acids is 1. The average molecular weight is 591 g/mol. The van der Waals surface area contributed by atoms with E-state index in [0.29, 0.717) is 36.3 Å². The molecule has 0 aromatic rings. The first-order chi connectivity index (χ1) is 19.5. The first-order valence-corrected chi connectivity index (χ1v) is 16.2. The highest BCUT2D eigenvalue weighted by atomic mass is 16.6. The molecule has 42 heavy (non-hydrogen) atoms. The van der Waals surface area contributed by atoms with Crippen molar-refractivity contribution in [1.82, 2.24) is 0 Å². The summed E-state index contributed by atoms with van der Waals surface area (Å²) in [7, 11) is 0. The van der Waals surface area contributed by atoms with E-state index in [1.54, 1.807) is 6.92 Å². The van der Waals surface area contributed by atoms with Crippen molar-refractivity contribution in [2.75, 3.05) is 0 Å². The first kappa shape index (κ1) is 33.0. The molecule has 8 nitrogen and oxygen atoms in total. The van der Waals surface area contributed by atoms with E-state index in [1.165, 1.54) is 6.92 Å². The number of hydrogen-bond acceptors (Lipinski definition) is 7. The molecule has 11 unspecified atom stereocenters. The van der Waals surface area contributed by atoms with Gasteiger partial charge in [0.05, 0.1) is 12.2 Å². The van der Waals surface area contributed by atoms with Gasteiger partial charge >= 0.3 is 17.9 Å². The van der Waals surface area contributed by atoms with Crippen molar-refractivity contribution in [3.63, 3.8) is 0 Å². The number of carbonyl (C=O) groups is 3. The lowest BCUT2D eigenvalue weighted by Gasteiger charge is -2.70. The molecule has 0 aromatic heterocycles. The van der Waals surface area contributed by atoms with Crippen LogP contribution >= 0.6 is 0 Å². The molecule has 4 aliphatic rings. The molecule has 4 saturated carbocycles. The van der Waals surface area contributed by atoms with Crippen LogP contribution in [0.3, 0.4) is 0 Å². The standard InChI is InChI=1S/C34H54O8/c1-9-26(37)42-29-28-19(4)23(36)15-16-32(28,6)25-14-13-22-27(21(31(39)40)12-10-11-18(2)3)24(41-20(5)35)17-33(22,7)34(25,8)30(29)38/h18-19,22-25,28-30,36,38H,9-17H2,1-8H3,(H,39,40)/b27-21-. The Morgan fingerprint density at radius 2 is 1.71 bits per heavy atom. The number of carboxylic acids is 1. The molecule has 0 aliphatic heterocycles. The summed E-state index contributed by atoms with van der Waals surface area (Å²) in [5, 5.41) is 33.8. The fourth-order valence-electron chi connectivity index (χ4n) is 10.4. The number of carboxylic acid groups (broad SMARTS) is 1. The molecule has 4 rings (SSSR count). The highest BCUT2D eigenvalue weighted by Crippen LogP contribution is 2.74. The molecular weight excluding hydrogens is 536 g/mol. The second-order valence-electron chi connectivity index (χ2n) is 15.0. The van der Waals surface area contributed by atoms with E-state index in [0.717, 1.165) is 32.1 Å². The third kappa shape index (κ3) is 5.12.